The van der Waals surface area contributed by atoms with Crippen LogP contribution in [0.15, 0.2) is 4.99 Å². The number of aliphatic imine (C=N–C) groups is 1. The maximum atomic E-state index is 5.87. The predicted octanol–water partition coefficient (Wildman–Crippen LogP) is 2.43. The van der Waals surface area contributed by atoms with Crippen LogP contribution < -0.4 is 11.1 Å². The molecule has 1 unspecified atom stereocenters. The van der Waals surface area contributed by atoms with E-state index in [9.17, 15) is 0 Å². The smallest absolute Gasteiger partial charge is 0.188 e. The highest BCUT2D eigenvalue weighted by Crippen LogP contribution is 2.11. The first-order valence-electron chi connectivity index (χ1n) is 7.17. The van der Waals surface area contributed by atoms with Crippen LogP contribution >= 0.6 is 24.0 Å². The topological polar surface area (TPSA) is 53.6 Å². The molecule has 114 valence electrons. The fourth-order valence-corrected chi connectivity index (χ4v) is 2.32. The van der Waals surface area contributed by atoms with Crippen LogP contribution in [0.4, 0.5) is 0 Å². The first-order chi connectivity index (χ1) is 8.37. The summed E-state index contributed by atoms with van der Waals surface area (Å²) in [7, 11) is 0. The summed E-state index contributed by atoms with van der Waals surface area (Å²) in [5.74, 6) is 1.14. The van der Waals surface area contributed by atoms with Gasteiger partial charge in [-0.05, 0) is 52.6 Å². The number of guanidine groups is 1. The second-order valence-electron chi connectivity index (χ2n) is 6.57. The van der Waals surface area contributed by atoms with Crippen LogP contribution in [0.25, 0.3) is 0 Å². The summed E-state index contributed by atoms with van der Waals surface area (Å²) in [4.78, 5) is 6.98. The Balaban J connectivity index is 0.00000324. The number of nitrogens with two attached hydrogens (primary N) is 1. The molecule has 1 atom stereocenters. The van der Waals surface area contributed by atoms with Crippen molar-refractivity contribution in [2.45, 2.75) is 52.5 Å². The molecule has 0 bridgehead atoms. The van der Waals surface area contributed by atoms with Crippen LogP contribution in [0.1, 0.15) is 47.0 Å². The first kappa shape index (κ1) is 19.0. The van der Waals surface area contributed by atoms with Gasteiger partial charge < -0.3 is 16.0 Å². The lowest BCUT2D eigenvalue weighted by Gasteiger charge is -2.28. The number of likely N-dealkylation sites (tertiary alicyclic amines) is 1. The van der Waals surface area contributed by atoms with Crippen molar-refractivity contribution in [2.24, 2.45) is 16.6 Å². The van der Waals surface area contributed by atoms with Crippen LogP contribution in [-0.4, -0.2) is 42.6 Å². The molecule has 0 aromatic rings. The molecule has 0 amide bonds. The van der Waals surface area contributed by atoms with Crippen LogP contribution in [-0.2, 0) is 0 Å². The molecule has 0 aromatic carbocycles. The molecule has 0 radical (unpaired) electrons. The second-order valence-corrected chi connectivity index (χ2v) is 6.57. The van der Waals surface area contributed by atoms with Crippen molar-refractivity contribution in [1.82, 2.24) is 10.2 Å². The molecule has 19 heavy (non-hydrogen) atoms. The van der Waals surface area contributed by atoms with Gasteiger partial charge in [-0.2, -0.15) is 0 Å². The minimum Gasteiger partial charge on any atom is -0.370 e. The van der Waals surface area contributed by atoms with E-state index in [1.807, 2.05) is 0 Å². The van der Waals surface area contributed by atoms with Crippen molar-refractivity contribution < 1.29 is 0 Å². The quantitative estimate of drug-likeness (QED) is 0.446. The lowest BCUT2D eigenvalue weighted by atomic mass is 10.1. The zero-order valence-electron chi connectivity index (χ0n) is 12.9. The molecule has 1 fully saturated rings. The number of rotatable bonds is 4. The SMILES string of the molecule is CC(CN=C(N)NC(C)(C)C)CN1CCCCC1.I. The Kier molecular flexibility index (Phi) is 8.98. The van der Waals surface area contributed by atoms with Crippen molar-refractivity contribution in [3.05, 3.63) is 0 Å². The van der Waals surface area contributed by atoms with E-state index < -0.39 is 0 Å². The van der Waals surface area contributed by atoms with Crippen molar-refractivity contribution in [2.75, 3.05) is 26.2 Å². The van der Waals surface area contributed by atoms with E-state index >= 15 is 0 Å². The van der Waals surface area contributed by atoms with E-state index in [2.05, 4.69) is 42.9 Å². The molecule has 5 heteroatoms. The van der Waals surface area contributed by atoms with E-state index in [-0.39, 0.29) is 29.5 Å². The number of nitrogens with one attached hydrogen (secondary N) is 1. The summed E-state index contributed by atoms with van der Waals surface area (Å²) in [6.45, 7) is 13.0. The van der Waals surface area contributed by atoms with Crippen molar-refractivity contribution >= 4 is 29.9 Å². The third-order valence-electron chi connectivity index (χ3n) is 3.09. The van der Waals surface area contributed by atoms with Crippen LogP contribution in [0.3, 0.4) is 0 Å². The second kappa shape index (κ2) is 9.00. The number of hydrogen-bond donors (Lipinski definition) is 2. The van der Waals surface area contributed by atoms with Gasteiger partial charge in [-0.25, -0.2) is 0 Å². The fraction of sp³-hybridized carbons (Fsp3) is 0.929. The standard InChI is InChI=1S/C14H30N4.HI/c1-12(11-18-8-6-5-7-9-18)10-16-13(15)17-14(2,3)4;/h12H,5-11H2,1-4H3,(H3,15,16,17);1H. The Hall–Kier alpha value is -0.0400. The highest BCUT2D eigenvalue weighted by atomic mass is 127. The van der Waals surface area contributed by atoms with E-state index in [4.69, 9.17) is 5.73 Å². The van der Waals surface area contributed by atoms with Crippen LogP contribution in [0, 0.1) is 5.92 Å². The average Bonchev–Trinajstić information content (AvgIpc) is 2.25. The highest BCUT2D eigenvalue weighted by Gasteiger charge is 2.14. The first-order valence-corrected chi connectivity index (χ1v) is 7.17. The van der Waals surface area contributed by atoms with Gasteiger partial charge in [-0.15, -0.1) is 24.0 Å². The fourth-order valence-electron chi connectivity index (χ4n) is 2.32. The molecule has 3 N–H and O–H groups in total. The Labute approximate surface area is 135 Å². The van der Waals surface area contributed by atoms with Gasteiger partial charge >= 0.3 is 0 Å². The Morgan fingerprint density at radius 2 is 1.84 bits per heavy atom. The van der Waals surface area contributed by atoms with E-state index in [0.29, 0.717) is 11.9 Å². The normalized spacial score (nSPS) is 19.7. The molecular formula is C14H31IN4. The predicted molar refractivity (Wildman–Crippen MR) is 94.2 cm³/mol. The van der Waals surface area contributed by atoms with Crippen LogP contribution in [0.5, 0.6) is 0 Å². The lowest BCUT2D eigenvalue weighted by Crippen LogP contribution is -2.45. The van der Waals surface area contributed by atoms with Gasteiger partial charge in [-0.3, -0.25) is 4.99 Å². The Morgan fingerprint density at radius 1 is 1.26 bits per heavy atom. The van der Waals surface area contributed by atoms with Crippen molar-refractivity contribution in [1.29, 1.82) is 0 Å². The van der Waals surface area contributed by atoms with Gasteiger partial charge in [0.2, 0.25) is 0 Å². The summed E-state index contributed by atoms with van der Waals surface area (Å²) in [6.07, 6.45) is 4.10. The summed E-state index contributed by atoms with van der Waals surface area (Å²) in [5.41, 5.74) is 5.86. The molecule has 0 aliphatic carbocycles. The molecular weight excluding hydrogens is 351 g/mol. The maximum absolute atomic E-state index is 5.87. The van der Waals surface area contributed by atoms with Crippen molar-refractivity contribution in [3.63, 3.8) is 0 Å². The molecule has 1 aliphatic rings. The molecule has 1 aliphatic heterocycles. The van der Waals surface area contributed by atoms with Gasteiger partial charge in [-0.1, -0.05) is 13.3 Å². The van der Waals surface area contributed by atoms with Gasteiger partial charge in [0.1, 0.15) is 0 Å². The van der Waals surface area contributed by atoms with Crippen molar-refractivity contribution in [3.8, 4) is 0 Å². The van der Waals surface area contributed by atoms with E-state index in [1.54, 1.807) is 0 Å². The Bertz CT molecular complexity index is 267. The minimum absolute atomic E-state index is 0. The molecule has 0 aromatic heterocycles. The van der Waals surface area contributed by atoms with E-state index in [0.717, 1.165) is 13.1 Å². The van der Waals surface area contributed by atoms with E-state index in [1.165, 1.54) is 32.4 Å². The monoisotopic (exact) mass is 382 g/mol. The zero-order valence-corrected chi connectivity index (χ0v) is 15.2. The molecule has 0 saturated carbocycles. The summed E-state index contributed by atoms with van der Waals surface area (Å²) in [5, 5.41) is 3.19. The van der Waals surface area contributed by atoms with Gasteiger partial charge in [0.25, 0.3) is 0 Å². The van der Waals surface area contributed by atoms with Gasteiger partial charge in [0, 0.05) is 18.6 Å². The average molecular weight is 382 g/mol. The minimum atomic E-state index is -0.0102. The molecule has 4 nitrogen and oxygen atoms in total. The van der Waals surface area contributed by atoms with Gasteiger partial charge in [0.15, 0.2) is 5.96 Å². The number of nitrogens with zero attached hydrogens (tertiary/aromatic N) is 2. The molecule has 1 heterocycles. The van der Waals surface area contributed by atoms with Gasteiger partial charge in [0.05, 0.1) is 0 Å². The summed E-state index contributed by atoms with van der Waals surface area (Å²) < 4.78 is 0. The lowest BCUT2D eigenvalue weighted by molar-refractivity contribution is 0.203. The third kappa shape index (κ3) is 9.49. The number of halogens is 1. The third-order valence-corrected chi connectivity index (χ3v) is 3.09. The molecule has 1 rings (SSSR count). The largest absolute Gasteiger partial charge is 0.370 e. The number of hydrogen-bond acceptors (Lipinski definition) is 2. The highest BCUT2D eigenvalue weighted by molar-refractivity contribution is 14.0. The molecule has 0 spiro atoms. The van der Waals surface area contributed by atoms with Crippen LogP contribution in [0.2, 0.25) is 0 Å². The number of piperidine rings is 1. The zero-order chi connectivity index (χ0) is 13.6. The molecule has 1 saturated heterocycles. The summed E-state index contributed by atoms with van der Waals surface area (Å²) >= 11 is 0. The maximum Gasteiger partial charge on any atom is 0.188 e. The Morgan fingerprint density at radius 3 is 2.37 bits per heavy atom. The summed E-state index contributed by atoms with van der Waals surface area (Å²) in [6, 6.07) is 0.